The minimum Gasteiger partial charge on any atom is -0.495 e. The van der Waals surface area contributed by atoms with Gasteiger partial charge in [-0.15, -0.1) is 0 Å². The summed E-state index contributed by atoms with van der Waals surface area (Å²) in [6.07, 6.45) is 1.67. The molecule has 6 nitrogen and oxygen atoms in total. The highest BCUT2D eigenvalue weighted by Crippen LogP contribution is 2.33. The molecule has 4 rings (SSSR count). The molecule has 34 heavy (non-hydrogen) atoms. The van der Waals surface area contributed by atoms with Gasteiger partial charge in [0.25, 0.3) is 11.1 Å². The van der Waals surface area contributed by atoms with Crippen LogP contribution in [-0.4, -0.2) is 35.6 Å². The molecular weight excluding hydrogens is 468 g/mol. The number of anilines is 1. The lowest BCUT2D eigenvalue weighted by Crippen LogP contribution is -2.36. The molecule has 0 radical (unpaired) electrons. The van der Waals surface area contributed by atoms with Crippen LogP contribution in [0.4, 0.5) is 10.5 Å². The van der Waals surface area contributed by atoms with Crippen LogP contribution in [0.2, 0.25) is 0 Å². The smallest absolute Gasteiger partial charge is 0.294 e. The molecule has 1 heterocycles. The average Bonchev–Trinajstić information content (AvgIpc) is 3.09. The van der Waals surface area contributed by atoms with Gasteiger partial charge in [-0.05, 0) is 66.7 Å². The Kier molecular flexibility index (Phi) is 7.40. The quantitative estimate of drug-likeness (QED) is 0.420. The number of rotatable bonds is 7. The fourth-order valence-corrected chi connectivity index (χ4v) is 4.90. The van der Waals surface area contributed by atoms with E-state index in [4.69, 9.17) is 4.74 Å². The van der Waals surface area contributed by atoms with E-state index in [2.05, 4.69) is 36.5 Å². The summed E-state index contributed by atoms with van der Waals surface area (Å²) in [7, 11) is 1.50. The van der Waals surface area contributed by atoms with Gasteiger partial charge < -0.3 is 10.1 Å². The first-order chi connectivity index (χ1) is 16.4. The van der Waals surface area contributed by atoms with E-state index in [-0.39, 0.29) is 11.4 Å². The molecule has 0 aromatic heterocycles. The Balaban J connectivity index is 1.40. The van der Waals surface area contributed by atoms with Gasteiger partial charge in [0.15, 0.2) is 0 Å². The fraction of sp³-hybridized carbons (Fsp3) is 0.115. The van der Waals surface area contributed by atoms with Crippen molar-refractivity contribution in [1.82, 2.24) is 4.90 Å². The number of nitrogens with one attached hydrogen (secondary N) is 1. The Labute approximate surface area is 206 Å². The van der Waals surface area contributed by atoms with Crippen molar-refractivity contribution < 1.29 is 19.1 Å². The number of methoxy groups -OCH3 is 1. The molecule has 172 valence electrons. The van der Waals surface area contributed by atoms with Crippen LogP contribution in [0.25, 0.3) is 6.08 Å². The van der Waals surface area contributed by atoms with Gasteiger partial charge in [-0.2, -0.15) is 0 Å². The van der Waals surface area contributed by atoms with Crippen molar-refractivity contribution >= 4 is 52.3 Å². The maximum Gasteiger partial charge on any atom is 0.294 e. The number of imide groups is 1. The number of carbonyl (C=O) groups is 3. The maximum absolute atomic E-state index is 12.8. The van der Waals surface area contributed by atoms with Gasteiger partial charge in [0.05, 0.1) is 17.7 Å². The maximum atomic E-state index is 12.8. The predicted molar refractivity (Wildman–Crippen MR) is 136 cm³/mol. The van der Waals surface area contributed by atoms with Crippen LogP contribution >= 0.6 is 23.5 Å². The van der Waals surface area contributed by atoms with Crippen LogP contribution in [0.3, 0.4) is 0 Å². The van der Waals surface area contributed by atoms with Crippen molar-refractivity contribution in [3.05, 3.63) is 88.8 Å². The molecule has 0 saturated carbocycles. The summed E-state index contributed by atoms with van der Waals surface area (Å²) < 4.78 is 5.21. The van der Waals surface area contributed by atoms with Crippen molar-refractivity contribution in [2.24, 2.45) is 0 Å². The minimum absolute atomic E-state index is 0.286. The molecule has 3 amide bonds. The van der Waals surface area contributed by atoms with Crippen molar-refractivity contribution in [1.29, 1.82) is 0 Å². The van der Waals surface area contributed by atoms with Crippen LogP contribution in [-0.2, 0) is 9.59 Å². The van der Waals surface area contributed by atoms with Gasteiger partial charge >= 0.3 is 0 Å². The molecule has 1 aliphatic rings. The summed E-state index contributed by atoms with van der Waals surface area (Å²) in [4.78, 5) is 41.1. The number of nitrogens with zero attached hydrogens (tertiary/aromatic N) is 1. The second-order valence-electron chi connectivity index (χ2n) is 7.50. The molecular formula is C26H22N2O4S2. The van der Waals surface area contributed by atoms with Gasteiger partial charge in [0.2, 0.25) is 5.91 Å². The number of amides is 3. The zero-order chi connectivity index (χ0) is 24.1. The summed E-state index contributed by atoms with van der Waals surface area (Å²) in [5.41, 5.74) is 2.49. The van der Waals surface area contributed by atoms with Gasteiger partial charge in [-0.3, -0.25) is 19.3 Å². The lowest BCUT2D eigenvalue weighted by atomic mass is 10.2. The molecule has 0 unspecified atom stereocenters. The number of benzene rings is 3. The van der Waals surface area contributed by atoms with E-state index in [1.165, 1.54) is 12.7 Å². The molecule has 1 fully saturated rings. The summed E-state index contributed by atoms with van der Waals surface area (Å²) >= 11 is 2.48. The van der Waals surface area contributed by atoms with Gasteiger partial charge in [-0.25, -0.2) is 0 Å². The van der Waals surface area contributed by atoms with Crippen molar-refractivity contribution in [2.75, 3.05) is 19.0 Å². The third-order valence-electron chi connectivity index (χ3n) is 4.99. The second-order valence-corrected chi connectivity index (χ2v) is 9.64. The lowest BCUT2D eigenvalue weighted by Gasteiger charge is -2.14. The molecule has 8 heteroatoms. The van der Waals surface area contributed by atoms with Crippen molar-refractivity contribution in [2.45, 2.75) is 16.7 Å². The van der Waals surface area contributed by atoms with Crippen molar-refractivity contribution in [3.63, 3.8) is 0 Å². The number of carbonyl (C=O) groups excluding carboxylic acids is 3. The Morgan fingerprint density at radius 2 is 1.65 bits per heavy atom. The van der Waals surface area contributed by atoms with E-state index in [0.29, 0.717) is 11.4 Å². The Morgan fingerprint density at radius 1 is 1.00 bits per heavy atom. The first-order valence-electron chi connectivity index (χ1n) is 10.5. The highest BCUT2D eigenvalue weighted by molar-refractivity contribution is 8.18. The molecule has 0 bridgehead atoms. The molecule has 0 atom stereocenters. The number of aryl methyl sites for hydroxylation is 1. The van der Waals surface area contributed by atoms with E-state index in [9.17, 15) is 14.4 Å². The van der Waals surface area contributed by atoms with Crippen LogP contribution in [0.15, 0.2) is 87.5 Å². The predicted octanol–water partition coefficient (Wildman–Crippen LogP) is 5.83. The summed E-state index contributed by atoms with van der Waals surface area (Å²) in [6.45, 7) is 1.68. The van der Waals surface area contributed by atoms with E-state index >= 15 is 0 Å². The monoisotopic (exact) mass is 490 g/mol. The van der Waals surface area contributed by atoms with Crippen LogP contribution in [0.5, 0.6) is 5.75 Å². The number of thioether (sulfide) groups is 1. The van der Waals surface area contributed by atoms with E-state index in [1.807, 2.05) is 24.3 Å². The number of ether oxygens (including phenoxy) is 1. The molecule has 1 saturated heterocycles. The third kappa shape index (κ3) is 5.70. The summed E-state index contributed by atoms with van der Waals surface area (Å²) in [5, 5.41) is 2.21. The van der Waals surface area contributed by atoms with E-state index in [1.54, 1.807) is 42.1 Å². The fourth-order valence-electron chi connectivity index (χ4n) is 3.24. The van der Waals surface area contributed by atoms with Gasteiger partial charge in [-0.1, -0.05) is 53.7 Å². The lowest BCUT2D eigenvalue weighted by molar-refractivity contribution is -0.127. The van der Waals surface area contributed by atoms with E-state index in [0.717, 1.165) is 32.0 Å². The Hall–Kier alpha value is -3.49. The number of hydrogen-bond donors (Lipinski definition) is 1. The topological polar surface area (TPSA) is 75.7 Å². The Bertz CT molecular complexity index is 1250. The van der Waals surface area contributed by atoms with Crippen LogP contribution in [0, 0.1) is 6.92 Å². The molecule has 3 aromatic carbocycles. The largest absolute Gasteiger partial charge is 0.495 e. The highest BCUT2D eigenvalue weighted by Gasteiger charge is 2.36. The Morgan fingerprint density at radius 3 is 2.32 bits per heavy atom. The van der Waals surface area contributed by atoms with Crippen molar-refractivity contribution in [3.8, 4) is 5.75 Å². The number of hydrogen-bond acceptors (Lipinski definition) is 6. The first kappa shape index (κ1) is 23.7. The zero-order valence-electron chi connectivity index (χ0n) is 18.6. The molecule has 1 aliphatic heterocycles. The second kappa shape index (κ2) is 10.6. The molecule has 0 aliphatic carbocycles. The molecule has 1 N–H and O–H groups in total. The van der Waals surface area contributed by atoms with Gasteiger partial charge in [0, 0.05) is 9.79 Å². The first-order valence-corrected chi connectivity index (χ1v) is 12.1. The van der Waals surface area contributed by atoms with Crippen LogP contribution in [0.1, 0.15) is 11.1 Å². The minimum atomic E-state index is -0.483. The zero-order valence-corrected chi connectivity index (χ0v) is 20.2. The standard InChI is InChI=1S/C26H22N2O4S2/c1-17-7-11-19(12-8-17)33-20-13-9-18(10-14-20)15-23-25(30)28(26(31)34-23)16-24(29)27-21-5-3-4-6-22(21)32-2/h3-15H,16H2,1-2H3,(H,27,29)/b23-15-. The highest BCUT2D eigenvalue weighted by atomic mass is 32.2. The molecule has 3 aromatic rings. The molecule has 0 spiro atoms. The summed E-state index contributed by atoms with van der Waals surface area (Å²) in [6, 6.07) is 23.0. The average molecular weight is 491 g/mol. The van der Waals surface area contributed by atoms with Gasteiger partial charge in [0.1, 0.15) is 12.3 Å². The summed E-state index contributed by atoms with van der Waals surface area (Å²) in [5.74, 6) is -0.470. The van der Waals surface area contributed by atoms with E-state index < -0.39 is 17.1 Å². The number of para-hydroxylation sites is 2. The van der Waals surface area contributed by atoms with Crippen LogP contribution < -0.4 is 10.1 Å². The third-order valence-corrected chi connectivity index (χ3v) is 6.91. The normalized spacial score (nSPS) is 14.5. The SMILES string of the molecule is COc1ccccc1NC(=O)CN1C(=O)S/C(=C\c2ccc(Sc3ccc(C)cc3)cc2)C1=O.